The van der Waals surface area contributed by atoms with Gasteiger partial charge in [-0.25, -0.2) is 9.79 Å². The largest absolute Gasteiger partial charge is 0.488 e. The monoisotopic (exact) mass is 586 g/mol. The zero-order chi connectivity index (χ0) is 26.6. The number of amides is 1. The lowest BCUT2D eigenvalue weighted by molar-refractivity contribution is -0.122. The standard InChI is InChI=1S/C30H23BrN2O4S/c1-2-33-28(34)27(38-30(33)32-24-9-5-8-23(17-24)29(35)36)16-19-11-13-26(25(31)15-19)37-18-20-10-12-21-6-3-4-7-22(21)14-20/h3-17H,2,18H2,1H3,(H,35,36)/b27-16-,32-30?. The van der Waals surface area contributed by atoms with Crippen molar-refractivity contribution >= 4 is 67.3 Å². The van der Waals surface area contributed by atoms with Crippen molar-refractivity contribution in [2.75, 3.05) is 6.54 Å². The molecule has 38 heavy (non-hydrogen) atoms. The van der Waals surface area contributed by atoms with Gasteiger partial charge in [0.1, 0.15) is 12.4 Å². The molecule has 5 rings (SSSR count). The summed E-state index contributed by atoms with van der Waals surface area (Å²) in [6.45, 7) is 2.77. The molecule has 1 saturated heterocycles. The minimum atomic E-state index is -1.02. The number of hydrogen-bond acceptors (Lipinski definition) is 5. The summed E-state index contributed by atoms with van der Waals surface area (Å²) >= 11 is 4.86. The molecular weight excluding hydrogens is 564 g/mol. The average Bonchev–Trinajstić information content (AvgIpc) is 3.21. The minimum absolute atomic E-state index is 0.140. The fraction of sp³-hybridized carbons (Fsp3) is 0.100. The minimum Gasteiger partial charge on any atom is -0.488 e. The smallest absolute Gasteiger partial charge is 0.335 e. The van der Waals surface area contributed by atoms with E-state index in [2.05, 4.69) is 51.3 Å². The first-order chi connectivity index (χ1) is 18.4. The van der Waals surface area contributed by atoms with Crippen molar-refractivity contribution in [1.29, 1.82) is 0 Å². The van der Waals surface area contributed by atoms with Crippen molar-refractivity contribution in [1.82, 2.24) is 4.90 Å². The van der Waals surface area contributed by atoms with E-state index >= 15 is 0 Å². The Balaban J connectivity index is 1.32. The van der Waals surface area contributed by atoms with Crippen molar-refractivity contribution in [3.8, 4) is 5.75 Å². The highest BCUT2D eigenvalue weighted by Crippen LogP contribution is 2.35. The maximum atomic E-state index is 13.0. The van der Waals surface area contributed by atoms with Gasteiger partial charge in [0.25, 0.3) is 5.91 Å². The number of aliphatic imine (C=N–C) groups is 1. The maximum Gasteiger partial charge on any atom is 0.335 e. The number of likely N-dealkylation sites (N-methyl/N-ethyl adjacent to an activating group) is 1. The Labute approximate surface area is 232 Å². The van der Waals surface area contributed by atoms with Gasteiger partial charge < -0.3 is 9.84 Å². The molecule has 0 spiro atoms. The first-order valence-corrected chi connectivity index (χ1v) is 13.6. The molecule has 6 nitrogen and oxygen atoms in total. The number of carboxylic acids is 1. The van der Waals surface area contributed by atoms with Crippen LogP contribution in [0.15, 0.2) is 99.3 Å². The van der Waals surface area contributed by atoms with Gasteiger partial charge in [0.15, 0.2) is 5.17 Å². The number of benzene rings is 4. The zero-order valence-electron chi connectivity index (χ0n) is 20.4. The SMILES string of the molecule is CCN1C(=O)/C(=C/c2ccc(OCc3ccc4ccccc4c3)c(Br)c2)SC1=Nc1cccc(C(=O)O)c1. The second-order valence-electron chi connectivity index (χ2n) is 8.57. The lowest BCUT2D eigenvalue weighted by Crippen LogP contribution is -2.28. The van der Waals surface area contributed by atoms with Crippen molar-refractivity contribution < 1.29 is 19.4 Å². The van der Waals surface area contributed by atoms with Gasteiger partial charge in [0.2, 0.25) is 0 Å². The molecule has 8 heteroatoms. The van der Waals surface area contributed by atoms with E-state index < -0.39 is 5.97 Å². The van der Waals surface area contributed by atoms with Gasteiger partial charge in [-0.3, -0.25) is 9.69 Å². The summed E-state index contributed by atoms with van der Waals surface area (Å²) in [5.74, 6) is -0.453. The van der Waals surface area contributed by atoms with E-state index in [9.17, 15) is 14.7 Å². The number of halogens is 1. The van der Waals surface area contributed by atoms with Crippen LogP contribution < -0.4 is 4.74 Å². The van der Waals surface area contributed by atoms with Gasteiger partial charge in [-0.1, -0.05) is 48.5 Å². The molecule has 0 bridgehead atoms. The number of rotatable bonds is 7. The van der Waals surface area contributed by atoms with Crippen molar-refractivity contribution in [2.24, 2.45) is 4.99 Å². The van der Waals surface area contributed by atoms with Crippen LogP contribution in [-0.4, -0.2) is 33.6 Å². The third kappa shape index (κ3) is 5.66. The number of carbonyl (C=O) groups excluding carboxylic acids is 1. The average molecular weight is 587 g/mol. The highest BCUT2D eigenvalue weighted by atomic mass is 79.9. The first kappa shape index (κ1) is 25.8. The molecule has 1 fully saturated rings. The third-order valence-electron chi connectivity index (χ3n) is 5.98. The van der Waals surface area contributed by atoms with Crippen molar-refractivity contribution in [3.63, 3.8) is 0 Å². The molecule has 0 unspecified atom stereocenters. The summed E-state index contributed by atoms with van der Waals surface area (Å²) in [6.07, 6.45) is 1.82. The highest BCUT2D eigenvalue weighted by Gasteiger charge is 2.32. The molecule has 4 aromatic rings. The molecule has 0 aliphatic carbocycles. The third-order valence-corrected chi connectivity index (χ3v) is 7.61. The van der Waals surface area contributed by atoms with Crippen molar-refractivity contribution in [2.45, 2.75) is 13.5 Å². The quantitative estimate of drug-likeness (QED) is 0.227. The number of carbonyl (C=O) groups is 2. The number of aromatic carboxylic acids is 1. The Morgan fingerprint density at radius 2 is 1.84 bits per heavy atom. The van der Waals surface area contributed by atoms with E-state index in [-0.39, 0.29) is 11.5 Å². The van der Waals surface area contributed by atoms with Crippen LogP contribution in [-0.2, 0) is 11.4 Å². The Bertz CT molecular complexity index is 1620. The van der Waals surface area contributed by atoms with E-state index in [1.165, 1.54) is 34.7 Å². The predicted octanol–water partition coefficient (Wildman–Crippen LogP) is 7.50. The lowest BCUT2D eigenvalue weighted by atomic mass is 10.1. The van der Waals surface area contributed by atoms with Gasteiger partial charge in [-0.05, 0) is 99.0 Å². The molecule has 0 saturated carbocycles. The normalized spacial score (nSPS) is 15.5. The maximum absolute atomic E-state index is 13.0. The number of ether oxygens (including phenoxy) is 1. The molecule has 1 aliphatic rings. The Morgan fingerprint density at radius 1 is 1.03 bits per heavy atom. The molecule has 0 radical (unpaired) electrons. The van der Waals surface area contributed by atoms with Crippen molar-refractivity contribution in [3.05, 3.63) is 111 Å². The number of thioether (sulfide) groups is 1. The van der Waals surface area contributed by atoms with E-state index in [0.29, 0.717) is 34.7 Å². The summed E-state index contributed by atoms with van der Waals surface area (Å²) in [5.41, 5.74) is 2.55. The molecule has 0 atom stereocenters. The molecule has 1 amide bonds. The predicted molar refractivity (Wildman–Crippen MR) is 156 cm³/mol. The lowest BCUT2D eigenvalue weighted by Gasteiger charge is -2.12. The summed E-state index contributed by atoms with van der Waals surface area (Å²) in [6, 6.07) is 26.6. The number of carboxylic acid groups (broad SMARTS) is 1. The van der Waals surface area contributed by atoms with Gasteiger partial charge in [0, 0.05) is 6.54 Å². The fourth-order valence-corrected chi connectivity index (χ4v) is 5.63. The summed E-state index contributed by atoms with van der Waals surface area (Å²) in [4.78, 5) is 31.0. The van der Waals surface area contributed by atoms with Crippen LogP contribution in [0.3, 0.4) is 0 Å². The molecule has 1 heterocycles. The fourth-order valence-electron chi connectivity index (χ4n) is 4.05. The van der Waals surface area contributed by atoms with Crippen LogP contribution >= 0.6 is 27.7 Å². The second-order valence-corrected chi connectivity index (χ2v) is 10.4. The van der Waals surface area contributed by atoms with Crippen LogP contribution in [0.4, 0.5) is 5.69 Å². The van der Waals surface area contributed by atoms with E-state index in [1.807, 2.05) is 43.3 Å². The van der Waals surface area contributed by atoms with Gasteiger partial charge in [0.05, 0.1) is 20.6 Å². The summed E-state index contributed by atoms with van der Waals surface area (Å²) in [5, 5.41) is 12.1. The Morgan fingerprint density at radius 3 is 2.61 bits per heavy atom. The van der Waals surface area contributed by atoms with Crippen LogP contribution in [0.2, 0.25) is 0 Å². The summed E-state index contributed by atoms with van der Waals surface area (Å²) < 4.78 is 6.84. The molecule has 1 aliphatic heterocycles. The number of fused-ring (bicyclic) bond motifs is 1. The molecule has 4 aromatic carbocycles. The Hall–Kier alpha value is -3.88. The topological polar surface area (TPSA) is 79.2 Å². The molecule has 190 valence electrons. The number of hydrogen-bond donors (Lipinski definition) is 1. The van der Waals surface area contributed by atoms with Crippen LogP contribution in [0.5, 0.6) is 5.75 Å². The summed E-state index contributed by atoms with van der Waals surface area (Å²) in [7, 11) is 0. The van der Waals surface area contributed by atoms with Crippen LogP contribution in [0.1, 0.15) is 28.4 Å². The van der Waals surface area contributed by atoms with Crippen LogP contribution in [0, 0.1) is 0 Å². The molecule has 0 aromatic heterocycles. The van der Waals surface area contributed by atoms with Gasteiger partial charge >= 0.3 is 5.97 Å². The van der Waals surface area contributed by atoms with Gasteiger partial charge in [-0.15, -0.1) is 0 Å². The molecule has 1 N–H and O–H groups in total. The highest BCUT2D eigenvalue weighted by molar-refractivity contribution is 9.10. The number of nitrogens with zero attached hydrogens (tertiary/aromatic N) is 2. The van der Waals surface area contributed by atoms with Crippen LogP contribution in [0.25, 0.3) is 16.8 Å². The van der Waals surface area contributed by atoms with E-state index in [0.717, 1.165) is 15.6 Å². The second kappa shape index (κ2) is 11.2. The van der Waals surface area contributed by atoms with E-state index in [4.69, 9.17) is 4.74 Å². The number of amidine groups is 1. The van der Waals surface area contributed by atoms with E-state index in [1.54, 1.807) is 17.0 Å². The van der Waals surface area contributed by atoms with Gasteiger partial charge in [-0.2, -0.15) is 0 Å². The first-order valence-electron chi connectivity index (χ1n) is 11.9. The zero-order valence-corrected chi connectivity index (χ0v) is 22.8. The molecular formula is C30H23BrN2O4S. The Kier molecular flexibility index (Phi) is 7.62.